The fraction of sp³-hybridized carbons (Fsp3) is 0.294. The van der Waals surface area contributed by atoms with Crippen LogP contribution in [0.1, 0.15) is 25.0 Å². The minimum absolute atomic E-state index is 0.194. The lowest BCUT2D eigenvalue weighted by Crippen LogP contribution is -2.25. The third-order valence-electron chi connectivity index (χ3n) is 3.18. The molecule has 0 aliphatic carbocycles. The Bertz CT molecular complexity index is 488. The smallest absolute Gasteiger partial charge is 0.121 e. The van der Waals surface area contributed by atoms with Crippen molar-refractivity contribution >= 4 is 0 Å². The Morgan fingerprint density at radius 3 is 2.05 bits per heavy atom. The van der Waals surface area contributed by atoms with Gasteiger partial charge in [-0.3, -0.25) is 0 Å². The van der Waals surface area contributed by atoms with Crippen LogP contribution in [0.15, 0.2) is 54.6 Å². The van der Waals surface area contributed by atoms with Crippen LogP contribution in [0.2, 0.25) is 0 Å². The van der Waals surface area contributed by atoms with E-state index in [1.807, 2.05) is 25.1 Å². The molecule has 0 spiro atoms. The molecular formula is C17H20O2. The number of hydrogen-bond donors (Lipinski definition) is 1. The van der Waals surface area contributed by atoms with Crippen molar-refractivity contribution in [3.05, 3.63) is 65.7 Å². The molecule has 0 amide bonds. The highest BCUT2D eigenvalue weighted by molar-refractivity contribution is 5.31. The molecule has 0 saturated heterocycles. The second-order valence-corrected chi connectivity index (χ2v) is 4.87. The van der Waals surface area contributed by atoms with Crippen molar-refractivity contribution in [3.63, 3.8) is 0 Å². The Morgan fingerprint density at radius 1 is 0.895 bits per heavy atom. The molecule has 1 N–H and O–H groups in total. The molecule has 0 aliphatic rings. The summed E-state index contributed by atoms with van der Waals surface area (Å²) in [4.78, 5) is 0. The third kappa shape index (κ3) is 4.11. The highest BCUT2D eigenvalue weighted by Gasteiger charge is 2.09. The molecule has 0 aliphatic heterocycles. The topological polar surface area (TPSA) is 29.5 Å². The molecule has 0 fully saturated rings. The molecule has 2 aromatic carbocycles. The lowest BCUT2D eigenvalue weighted by molar-refractivity contribution is 0.0604. The van der Waals surface area contributed by atoms with Crippen molar-refractivity contribution in [3.8, 4) is 5.75 Å². The summed E-state index contributed by atoms with van der Waals surface area (Å²) in [5.41, 5.74) is 2.55. The molecule has 2 nitrogen and oxygen atoms in total. The van der Waals surface area contributed by atoms with Crippen molar-refractivity contribution in [2.45, 2.75) is 32.5 Å². The maximum atomic E-state index is 9.41. The van der Waals surface area contributed by atoms with E-state index < -0.39 is 6.10 Å². The van der Waals surface area contributed by atoms with Gasteiger partial charge >= 0.3 is 0 Å². The maximum absolute atomic E-state index is 9.41. The van der Waals surface area contributed by atoms with Crippen LogP contribution in [-0.4, -0.2) is 17.3 Å². The summed E-state index contributed by atoms with van der Waals surface area (Å²) in [5.74, 6) is 0.796. The van der Waals surface area contributed by atoms with E-state index in [9.17, 15) is 5.11 Å². The van der Waals surface area contributed by atoms with Crippen LogP contribution in [-0.2, 0) is 6.42 Å². The average molecular weight is 256 g/mol. The monoisotopic (exact) mass is 256 g/mol. The van der Waals surface area contributed by atoms with Gasteiger partial charge in [0, 0.05) is 0 Å². The van der Waals surface area contributed by atoms with Gasteiger partial charge in [0.1, 0.15) is 11.9 Å². The molecule has 2 aromatic rings. The Balaban J connectivity index is 1.99. The molecule has 0 bridgehead atoms. The molecule has 2 heteroatoms. The van der Waals surface area contributed by atoms with Crippen molar-refractivity contribution in [2.75, 3.05) is 0 Å². The molecule has 0 heterocycles. The van der Waals surface area contributed by atoms with Crippen molar-refractivity contribution in [1.82, 2.24) is 0 Å². The van der Waals surface area contributed by atoms with Crippen LogP contribution < -0.4 is 4.74 Å². The first kappa shape index (κ1) is 13.6. The highest BCUT2D eigenvalue weighted by Crippen LogP contribution is 2.17. The zero-order valence-corrected chi connectivity index (χ0v) is 11.4. The highest BCUT2D eigenvalue weighted by atomic mass is 16.5. The van der Waals surface area contributed by atoms with E-state index in [0.29, 0.717) is 0 Å². The second-order valence-electron chi connectivity index (χ2n) is 4.87. The van der Waals surface area contributed by atoms with Crippen molar-refractivity contribution < 1.29 is 9.84 Å². The number of aliphatic hydroxyl groups is 1. The van der Waals surface area contributed by atoms with Gasteiger partial charge in [0.25, 0.3) is 0 Å². The molecule has 2 rings (SSSR count). The van der Waals surface area contributed by atoms with Crippen LogP contribution in [0.25, 0.3) is 0 Å². The van der Waals surface area contributed by atoms with Gasteiger partial charge in [-0.05, 0) is 43.5 Å². The first-order chi connectivity index (χ1) is 9.15. The Hall–Kier alpha value is -1.80. The summed E-state index contributed by atoms with van der Waals surface area (Å²) < 4.78 is 5.63. The number of rotatable bonds is 5. The van der Waals surface area contributed by atoms with Crippen LogP contribution in [0.3, 0.4) is 0 Å². The Morgan fingerprint density at radius 2 is 1.47 bits per heavy atom. The second kappa shape index (κ2) is 6.39. The fourth-order valence-electron chi connectivity index (χ4n) is 1.83. The molecule has 100 valence electrons. The van der Waals surface area contributed by atoms with E-state index in [0.717, 1.165) is 12.2 Å². The van der Waals surface area contributed by atoms with Gasteiger partial charge in [-0.25, -0.2) is 0 Å². The summed E-state index contributed by atoms with van der Waals surface area (Å²) in [7, 11) is 0. The minimum atomic E-state index is -0.469. The normalized spacial score (nSPS) is 13.8. The molecule has 1 unspecified atom stereocenters. The van der Waals surface area contributed by atoms with Gasteiger partial charge in [-0.2, -0.15) is 0 Å². The van der Waals surface area contributed by atoms with E-state index in [1.54, 1.807) is 6.92 Å². The first-order valence-corrected chi connectivity index (χ1v) is 6.63. The summed E-state index contributed by atoms with van der Waals surface area (Å²) in [6.45, 7) is 3.59. The third-order valence-corrected chi connectivity index (χ3v) is 3.18. The van der Waals surface area contributed by atoms with Crippen LogP contribution >= 0.6 is 0 Å². The molecule has 0 radical (unpaired) electrons. The van der Waals surface area contributed by atoms with E-state index in [1.165, 1.54) is 11.1 Å². The van der Waals surface area contributed by atoms with E-state index in [-0.39, 0.29) is 6.10 Å². The fourth-order valence-corrected chi connectivity index (χ4v) is 1.83. The summed E-state index contributed by atoms with van der Waals surface area (Å²) in [6, 6.07) is 18.4. The molecule has 19 heavy (non-hydrogen) atoms. The molecule has 2 atom stereocenters. The van der Waals surface area contributed by atoms with E-state index in [4.69, 9.17) is 4.74 Å². The SMILES string of the molecule is CC(Oc1ccc(Cc2ccccc2)cc1)[C@@H](C)O. The van der Waals surface area contributed by atoms with Gasteiger partial charge < -0.3 is 9.84 Å². The number of benzene rings is 2. The number of aliphatic hydroxyl groups excluding tert-OH is 1. The number of ether oxygens (including phenoxy) is 1. The lowest BCUT2D eigenvalue weighted by Gasteiger charge is -2.17. The predicted octanol–water partition coefficient (Wildman–Crippen LogP) is 3.43. The van der Waals surface area contributed by atoms with Gasteiger partial charge in [0.15, 0.2) is 0 Å². The summed E-state index contributed by atoms with van der Waals surface area (Å²) >= 11 is 0. The van der Waals surface area contributed by atoms with Gasteiger partial charge in [-0.1, -0.05) is 42.5 Å². The van der Waals surface area contributed by atoms with Gasteiger partial charge in [-0.15, -0.1) is 0 Å². The van der Waals surface area contributed by atoms with Crippen LogP contribution in [0.4, 0.5) is 0 Å². The van der Waals surface area contributed by atoms with Crippen LogP contribution in [0, 0.1) is 0 Å². The number of hydrogen-bond acceptors (Lipinski definition) is 2. The molecule has 0 aromatic heterocycles. The molecule has 0 saturated carbocycles. The van der Waals surface area contributed by atoms with E-state index >= 15 is 0 Å². The summed E-state index contributed by atoms with van der Waals surface area (Å²) in [6.07, 6.45) is 0.261. The lowest BCUT2D eigenvalue weighted by atomic mass is 10.1. The minimum Gasteiger partial charge on any atom is -0.488 e. The average Bonchev–Trinajstić information content (AvgIpc) is 2.42. The Labute approximate surface area is 114 Å². The summed E-state index contributed by atoms with van der Waals surface area (Å²) in [5, 5.41) is 9.41. The maximum Gasteiger partial charge on any atom is 0.121 e. The zero-order valence-electron chi connectivity index (χ0n) is 11.4. The van der Waals surface area contributed by atoms with Crippen LogP contribution in [0.5, 0.6) is 5.75 Å². The van der Waals surface area contributed by atoms with Crippen molar-refractivity contribution in [1.29, 1.82) is 0 Å². The largest absolute Gasteiger partial charge is 0.488 e. The Kier molecular flexibility index (Phi) is 4.58. The quantitative estimate of drug-likeness (QED) is 0.888. The van der Waals surface area contributed by atoms with Gasteiger partial charge in [0.2, 0.25) is 0 Å². The first-order valence-electron chi connectivity index (χ1n) is 6.63. The standard InChI is InChI=1S/C17H20O2/c1-13(18)14(2)19-17-10-8-16(9-11-17)12-15-6-4-3-5-7-15/h3-11,13-14,18H,12H2,1-2H3/t13-,14?/m1/s1. The van der Waals surface area contributed by atoms with Gasteiger partial charge in [0.05, 0.1) is 6.10 Å². The zero-order chi connectivity index (χ0) is 13.7. The predicted molar refractivity (Wildman–Crippen MR) is 77.5 cm³/mol. The van der Waals surface area contributed by atoms with E-state index in [2.05, 4.69) is 36.4 Å². The van der Waals surface area contributed by atoms with Crippen molar-refractivity contribution in [2.24, 2.45) is 0 Å². The molecular weight excluding hydrogens is 236 g/mol.